The predicted molar refractivity (Wildman–Crippen MR) is 138 cm³/mol. The first-order valence-electron chi connectivity index (χ1n) is 12.4. The topological polar surface area (TPSA) is 116 Å². The van der Waals surface area contributed by atoms with Crippen molar-refractivity contribution in [1.29, 1.82) is 0 Å². The van der Waals surface area contributed by atoms with Crippen LogP contribution in [-0.2, 0) is 20.9 Å². The Balaban J connectivity index is 1.33. The number of hydrogen-bond acceptors (Lipinski definition) is 8. The Morgan fingerprint density at radius 2 is 1.86 bits per heavy atom. The van der Waals surface area contributed by atoms with E-state index in [4.69, 9.17) is 14.8 Å². The number of ether oxygens (including phenoxy) is 1. The lowest BCUT2D eigenvalue weighted by molar-refractivity contribution is -0.133. The number of phenolic OH excluding ortho intramolecular Hbond substituents is 1. The molecular weight excluding hydrogens is 474 g/mol. The molecule has 0 spiro atoms. The summed E-state index contributed by atoms with van der Waals surface area (Å²) in [6.45, 7) is 9.51. The molecule has 0 atom stereocenters. The van der Waals surface area contributed by atoms with Crippen LogP contribution >= 0.6 is 0 Å². The molecule has 11 nitrogen and oxygen atoms in total. The molecule has 37 heavy (non-hydrogen) atoms. The van der Waals surface area contributed by atoms with Gasteiger partial charge in [0.2, 0.25) is 11.8 Å². The third-order valence-electron chi connectivity index (χ3n) is 6.69. The van der Waals surface area contributed by atoms with Crippen LogP contribution < -0.4 is 10.2 Å². The highest BCUT2D eigenvalue weighted by atomic mass is 16.5. The molecule has 2 aliphatic rings. The average Bonchev–Trinajstić information content (AvgIpc) is 3.34. The number of amides is 2. The van der Waals surface area contributed by atoms with Gasteiger partial charge in [0.05, 0.1) is 25.3 Å². The van der Waals surface area contributed by atoms with Gasteiger partial charge in [-0.25, -0.2) is 9.50 Å². The average molecular weight is 506 g/mol. The molecule has 0 aliphatic carbocycles. The third-order valence-corrected chi connectivity index (χ3v) is 6.69. The molecular formula is C26H31N7O4. The van der Waals surface area contributed by atoms with Crippen molar-refractivity contribution in [2.24, 2.45) is 0 Å². The highest BCUT2D eigenvalue weighted by Crippen LogP contribution is 2.30. The number of aromatic hydroxyl groups is 1. The maximum absolute atomic E-state index is 12.4. The maximum atomic E-state index is 12.4. The van der Waals surface area contributed by atoms with Crippen LogP contribution in [0.1, 0.15) is 5.56 Å². The van der Waals surface area contributed by atoms with Crippen LogP contribution in [0.25, 0.3) is 16.9 Å². The second kappa shape index (κ2) is 11.0. The van der Waals surface area contributed by atoms with E-state index in [0.29, 0.717) is 44.2 Å². The van der Waals surface area contributed by atoms with E-state index in [1.54, 1.807) is 17.0 Å². The van der Waals surface area contributed by atoms with Gasteiger partial charge in [0.1, 0.15) is 11.3 Å². The van der Waals surface area contributed by atoms with Gasteiger partial charge < -0.3 is 25.0 Å². The van der Waals surface area contributed by atoms with Crippen molar-refractivity contribution in [1.82, 2.24) is 29.7 Å². The number of rotatable bonds is 7. The summed E-state index contributed by atoms with van der Waals surface area (Å²) in [5.74, 6) is 0.979. The SMILES string of the molecule is C=CC(=O)NCC(=O)N1CCN(Cc2cc3c(N4CCOCC4)nc(-c4ccccc4O)nn3c2)CC1. The molecule has 0 unspecified atom stereocenters. The number of nitrogens with one attached hydrogen (secondary N) is 1. The number of carbonyl (C=O) groups excluding carboxylic acids is 2. The van der Waals surface area contributed by atoms with Crippen molar-refractivity contribution < 1.29 is 19.4 Å². The minimum absolute atomic E-state index is 0.0159. The van der Waals surface area contributed by atoms with Gasteiger partial charge in [-0.15, -0.1) is 5.10 Å². The van der Waals surface area contributed by atoms with Crippen LogP contribution in [0, 0.1) is 0 Å². The van der Waals surface area contributed by atoms with Gasteiger partial charge in [-0.3, -0.25) is 14.5 Å². The standard InChI is InChI=1S/C26H31N7O4/c1-2-23(35)27-16-24(36)31-9-7-30(8-10-31)17-19-15-21-26(32-11-13-37-14-12-32)28-25(29-33(21)18-19)20-5-3-4-6-22(20)34/h2-6,15,18,34H,1,7-14,16-17H2,(H,27,35). The molecule has 2 saturated heterocycles. The number of nitrogens with zero attached hydrogens (tertiary/aromatic N) is 6. The summed E-state index contributed by atoms with van der Waals surface area (Å²) < 4.78 is 7.38. The van der Waals surface area contributed by atoms with Crippen LogP contribution in [0.3, 0.4) is 0 Å². The maximum Gasteiger partial charge on any atom is 0.243 e. The minimum atomic E-state index is -0.349. The summed E-state index contributed by atoms with van der Waals surface area (Å²) in [6, 6.07) is 9.19. The van der Waals surface area contributed by atoms with Gasteiger partial charge in [0.15, 0.2) is 11.6 Å². The summed E-state index contributed by atoms with van der Waals surface area (Å²) in [4.78, 5) is 34.8. The second-order valence-corrected chi connectivity index (χ2v) is 9.13. The van der Waals surface area contributed by atoms with E-state index in [-0.39, 0.29) is 24.1 Å². The number of anilines is 1. The van der Waals surface area contributed by atoms with E-state index < -0.39 is 0 Å². The molecule has 2 amide bonds. The summed E-state index contributed by atoms with van der Waals surface area (Å²) in [5.41, 5.74) is 2.58. The Kier molecular flexibility index (Phi) is 7.33. The monoisotopic (exact) mass is 505 g/mol. The first-order valence-corrected chi connectivity index (χ1v) is 12.4. The van der Waals surface area contributed by atoms with Crippen molar-refractivity contribution in [2.45, 2.75) is 6.54 Å². The molecule has 194 valence electrons. The van der Waals surface area contributed by atoms with Crippen molar-refractivity contribution in [2.75, 3.05) is 63.9 Å². The molecule has 2 aliphatic heterocycles. The van der Waals surface area contributed by atoms with E-state index in [2.05, 4.69) is 27.8 Å². The first kappa shape index (κ1) is 24.7. The summed E-state index contributed by atoms with van der Waals surface area (Å²) >= 11 is 0. The number of carbonyl (C=O) groups is 2. The first-order chi connectivity index (χ1) is 18.0. The number of fused-ring (bicyclic) bond motifs is 1. The molecule has 4 heterocycles. The van der Waals surface area contributed by atoms with E-state index in [1.165, 1.54) is 0 Å². The summed E-state index contributed by atoms with van der Waals surface area (Å²) in [7, 11) is 0. The minimum Gasteiger partial charge on any atom is -0.507 e. The van der Waals surface area contributed by atoms with Gasteiger partial charge in [-0.05, 0) is 29.8 Å². The van der Waals surface area contributed by atoms with E-state index in [0.717, 1.165) is 49.2 Å². The van der Waals surface area contributed by atoms with Crippen LogP contribution in [0.4, 0.5) is 5.82 Å². The highest BCUT2D eigenvalue weighted by Gasteiger charge is 2.23. The molecule has 11 heteroatoms. The lowest BCUT2D eigenvalue weighted by Crippen LogP contribution is -2.50. The fourth-order valence-corrected chi connectivity index (χ4v) is 4.67. The van der Waals surface area contributed by atoms with Crippen molar-refractivity contribution >= 4 is 23.1 Å². The van der Waals surface area contributed by atoms with E-state index in [1.807, 2.05) is 22.8 Å². The predicted octanol–water partition coefficient (Wildman–Crippen LogP) is 0.885. The van der Waals surface area contributed by atoms with Gasteiger partial charge in [0.25, 0.3) is 0 Å². The Morgan fingerprint density at radius 1 is 1.11 bits per heavy atom. The number of phenols is 1. The number of hydrogen-bond donors (Lipinski definition) is 2. The molecule has 2 N–H and O–H groups in total. The van der Waals surface area contributed by atoms with Gasteiger partial charge in [0, 0.05) is 52.0 Å². The van der Waals surface area contributed by atoms with E-state index >= 15 is 0 Å². The molecule has 1 aromatic carbocycles. The van der Waals surface area contributed by atoms with Crippen molar-refractivity contribution in [3.8, 4) is 17.1 Å². The molecule has 2 fully saturated rings. The largest absolute Gasteiger partial charge is 0.507 e. The lowest BCUT2D eigenvalue weighted by Gasteiger charge is -2.34. The quantitative estimate of drug-likeness (QED) is 0.455. The normalized spacial score (nSPS) is 16.6. The third kappa shape index (κ3) is 5.57. The zero-order valence-corrected chi connectivity index (χ0v) is 20.7. The number of aromatic nitrogens is 3. The number of benzene rings is 1. The number of morpholine rings is 1. The number of para-hydroxylation sites is 1. The molecule has 0 bridgehead atoms. The van der Waals surface area contributed by atoms with Crippen LogP contribution in [0.15, 0.2) is 49.2 Å². The second-order valence-electron chi connectivity index (χ2n) is 9.13. The fourth-order valence-electron chi connectivity index (χ4n) is 4.67. The van der Waals surface area contributed by atoms with Gasteiger partial charge in [-0.1, -0.05) is 18.7 Å². The van der Waals surface area contributed by atoms with Gasteiger partial charge >= 0.3 is 0 Å². The zero-order valence-electron chi connectivity index (χ0n) is 20.7. The molecule has 3 aromatic rings. The summed E-state index contributed by atoms with van der Waals surface area (Å²) in [6.07, 6.45) is 3.17. The Bertz CT molecular complexity index is 1290. The van der Waals surface area contributed by atoms with E-state index in [9.17, 15) is 14.7 Å². The molecule has 0 radical (unpaired) electrons. The van der Waals surface area contributed by atoms with Crippen LogP contribution in [-0.4, -0.2) is 100 Å². The van der Waals surface area contributed by atoms with Crippen molar-refractivity contribution in [3.63, 3.8) is 0 Å². The molecule has 2 aromatic heterocycles. The zero-order chi connectivity index (χ0) is 25.8. The molecule has 5 rings (SSSR count). The van der Waals surface area contributed by atoms with Crippen molar-refractivity contribution in [3.05, 3.63) is 54.7 Å². The van der Waals surface area contributed by atoms with Crippen LogP contribution in [0.2, 0.25) is 0 Å². The Labute approximate surface area is 214 Å². The highest BCUT2D eigenvalue weighted by molar-refractivity contribution is 5.90. The smallest absolute Gasteiger partial charge is 0.243 e. The fraction of sp³-hybridized carbons (Fsp3) is 0.385. The molecule has 0 saturated carbocycles. The number of piperazine rings is 1. The van der Waals surface area contributed by atoms with Crippen LogP contribution in [0.5, 0.6) is 5.75 Å². The lowest BCUT2D eigenvalue weighted by atomic mass is 10.2. The summed E-state index contributed by atoms with van der Waals surface area (Å²) in [5, 5.41) is 17.7. The Morgan fingerprint density at radius 3 is 2.59 bits per heavy atom. The Hall–Kier alpha value is -3.96. The van der Waals surface area contributed by atoms with Gasteiger partial charge in [-0.2, -0.15) is 0 Å².